The van der Waals surface area contributed by atoms with E-state index in [9.17, 15) is 0 Å². The fourth-order valence-corrected chi connectivity index (χ4v) is 2.69. The Labute approximate surface area is 137 Å². The van der Waals surface area contributed by atoms with E-state index >= 15 is 0 Å². The van der Waals surface area contributed by atoms with Gasteiger partial charge in [-0.05, 0) is 30.3 Å². The molecule has 7 heteroatoms. The van der Waals surface area contributed by atoms with E-state index in [1.165, 1.54) is 6.33 Å². The van der Waals surface area contributed by atoms with Crippen molar-refractivity contribution in [1.82, 2.24) is 19.9 Å². The molecule has 2 aromatic heterocycles. The summed E-state index contributed by atoms with van der Waals surface area (Å²) < 4.78 is 10.8. The van der Waals surface area contributed by atoms with Gasteiger partial charge in [-0.3, -0.25) is 0 Å². The normalized spacial score (nSPS) is 10.9. The van der Waals surface area contributed by atoms with Crippen molar-refractivity contribution in [3.05, 3.63) is 43.0 Å². The van der Waals surface area contributed by atoms with Crippen LogP contribution in [-0.2, 0) is 0 Å². The number of aromatic nitrogens is 4. The molecular weight excluding hydrogens is 306 g/mol. The van der Waals surface area contributed by atoms with Gasteiger partial charge in [0, 0.05) is 11.1 Å². The number of nitrogens with one attached hydrogen (secondary N) is 2. The van der Waals surface area contributed by atoms with Crippen LogP contribution in [-0.4, -0.2) is 34.2 Å². The average Bonchev–Trinajstić information content (AvgIpc) is 3.08. The lowest BCUT2D eigenvalue weighted by atomic mass is 10.2. The minimum absolute atomic E-state index is 0.587. The van der Waals surface area contributed by atoms with Crippen LogP contribution in [0.3, 0.4) is 0 Å². The number of anilines is 2. The maximum Gasteiger partial charge on any atom is 0.187 e. The quantitative estimate of drug-likeness (QED) is 0.600. The SMILES string of the molecule is COc1ccc2c(Nc3ccc4nc[nH]c4c3)ncnc2c1OC. The van der Waals surface area contributed by atoms with Crippen molar-refractivity contribution in [2.24, 2.45) is 0 Å². The van der Waals surface area contributed by atoms with Gasteiger partial charge in [0.05, 0.1) is 31.6 Å². The number of aromatic amines is 1. The summed E-state index contributed by atoms with van der Waals surface area (Å²) in [6.45, 7) is 0. The van der Waals surface area contributed by atoms with Gasteiger partial charge in [-0.1, -0.05) is 0 Å². The number of imidazole rings is 1. The van der Waals surface area contributed by atoms with Crippen LogP contribution < -0.4 is 14.8 Å². The standard InChI is InChI=1S/C17H15N5O2/c1-23-14-6-4-11-15(16(14)24-2)20-9-21-17(11)22-10-3-5-12-13(7-10)19-8-18-12/h3-9H,1-2H3,(H,18,19)(H,20,21,22). The Kier molecular flexibility index (Phi) is 3.38. The first-order valence-corrected chi connectivity index (χ1v) is 7.36. The molecule has 0 radical (unpaired) electrons. The van der Waals surface area contributed by atoms with Crippen LogP contribution in [0.25, 0.3) is 21.9 Å². The molecule has 0 aliphatic rings. The van der Waals surface area contributed by atoms with Gasteiger partial charge in [-0.15, -0.1) is 0 Å². The lowest BCUT2D eigenvalue weighted by Crippen LogP contribution is -1.98. The molecule has 4 rings (SSSR count). The molecule has 120 valence electrons. The van der Waals surface area contributed by atoms with Crippen LogP contribution in [0.15, 0.2) is 43.0 Å². The summed E-state index contributed by atoms with van der Waals surface area (Å²) in [5.41, 5.74) is 3.47. The van der Waals surface area contributed by atoms with Crippen LogP contribution in [0.2, 0.25) is 0 Å². The largest absolute Gasteiger partial charge is 0.493 e. The molecule has 24 heavy (non-hydrogen) atoms. The molecule has 0 spiro atoms. The van der Waals surface area contributed by atoms with Crippen molar-refractivity contribution in [3.63, 3.8) is 0 Å². The molecule has 2 aromatic carbocycles. The molecule has 7 nitrogen and oxygen atoms in total. The third-order valence-corrected chi connectivity index (χ3v) is 3.83. The van der Waals surface area contributed by atoms with Crippen LogP contribution in [0.5, 0.6) is 11.5 Å². The van der Waals surface area contributed by atoms with E-state index < -0.39 is 0 Å². The van der Waals surface area contributed by atoms with E-state index in [2.05, 4.69) is 25.3 Å². The zero-order chi connectivity index (χ0) is 16.5. The summed E-state index contributed by atoms with van der Waals surface area (Å²) in [6.07, 6.45) is 3.17. The second-order valence-corrected chi connectivity index (χ2v) is 5.18. The van der Waals surface area contributed by atoms with Crippen molar-refractivity contribution in [2.75, 3.05) is 19.5 Å². The molecule has 0 fully saturated rings. The molecule has 0 atom stereocenters. The van der Waals surface area contributed by atoms with Crippen LogP contribution in [0, 0.1) is 0 Å². The summed E-state index contributed by atoms with van der Waals surface area (Å²) in [6, 6.07) is 9.64. The molecule has 0 saturated heterocycles. The molecule has 2 N–H and O–H groups in total. The van der Waals surface area contributed by atoms with Crippen LogP contribution in [0.1, 0.15) is 0 Å². The third kappa shape index (κ3) is 2.26. The van der Waals surface area contributed by atoms with Crippen LogP contribution >= 0.6 is 0 Å². The zero-order valence-corrected chi connectivity index (χ0v) is 13.2. The Morgan fingerprint density at radius 2 is 1.92 bits per heavy atom. The van der Waals surface area contributed by atoms with Crippen molar-refractivity contribution in [2.45, 2.75) is 0 Å². The number of rotatable bonds is 4. The number of methoxy groups -OCH3 is 2. The number of nitrogens with zero attached hydrogens (tertiary/aromatic N) is 3. The lowest BCUT2D eigenvalue weighted by molar-refractivity contribution is 0.358. The summed E-state index contributed by atoms with van der Waals surface area (Å²) in [7, 11) is 3.20. The molecule has 0 aliphatic carbocycles. The fourth-order valence-electron chi connectivity index (χ4n) is 2.69. The summed E-state index contributed by atoms with van der Waals surface area (Å²) in [5, 5.41) is 4.17. The van der Waals surface area contributed by atoms with E-state index in [1.54, 1.807) is 20.5 Å². The van der Waals surface area contributed by atoms with Crippen molar-refractivity contribution < 1.29 is 9.47 Å². The molecule has 0 saturated carbocycles. The average molecular weight is 321 g/mol. The van der Waals surface area contributed by atoms with Gasteiger partial charge < -0.3 is 19.8 Å². The van der Waals surface area contributed by atoms with Crippen molar-refractivity contribution in [1.29, 1.82) is 0 Å². The summed E-state index contributed by atoms with van der Waals surface area (Å²) in [4.78, 5) is 16.0. The second-order valence-electron chi connectivity index (χ2n) is 5.18. The summed E-state index contributed by atoms with van der Waals surface area (Å²) >= 11 is 0. The highest BCUT2D eigenvalue weighted by molar-refractivity contribution is 5.96. The summed E-state index contributed by atoms with van der Waals surface area (Å²) in [5.74, 6) is 1.91. The first kappa shape index (κ1) is 14.3. The van der Waals surface area contributed by atoms with Gasteiger partial charge in [0.15, 0.2) is 11.5 Å². The highest BCUT2D eigenvalue weighted by atomic mass is 16.5. The number of hydrogen-bond acceptors (Lipinski definition) is 6. The Morgan fingerprint density at radius 1 is 1.00 bits per heavy atom. The second kappa shape index (κ2) is 5.69. The van der Waals surface area contributed by atoms with Crippen molar-refractivity contribution >= 4 is 33.4 Å². The Balaban J connectivity index is 1.81. The molecule has 4 aromatic rings. The van der Waals surface area contributed by atoms with Gasteiger partial charge in [0.1, 0.15) is 17.7 Å². The van der Waals surface area contributed by atoms with E-state index in [4.69, 9.17) is 9.47 Å². The molecular formula is C17H15N5O2. The highest BCUT2D eigenvalue weighted by Crippen LogP contribution is 2.36. The number of H-pyrrole nitrogens is 1. The van der Waals surface area contributed by atoms with Gasteiger partial charge in [-0.25, -0.2) is 15.0 Å². The zero-order valence-electron chi connectivity index (χ0n) is 13.2. The molecule has 0 bridgehead atoms. The minimum atomic E-state index is 0.587. The smallest absolute Gasteiger partial charge is 0.187 e. The molecule has 0 amide bonds. The maximum atomic E-state index is 5.45. The topological polar surface area (TPSA) is 85.0 Å². The predicted molar refractivity (Wildman–Crippen MR) is 92.0 cm³/mol. The van der Waals surface area contributed by atoms with Gasteiger partial charge >= 0.3 is 0 Å². The van der Waals surface area contributed by atoms with Crippen LogP contribution in [0.4, 0.5) is 11.5 Å². The van der Waals surface area contributed by atoms with E-state index in [-0.39, 0.29) is 0 Å². The van der Waals surface area contributed by atoms with Crippen molar-refractivity contribution in [3.8, 4) is 11.5 Å². The Morgan fingerprint density at radius 3 is 2.75 bits per heavy atom. The molecule has 0 unspecified atom stereocenters. The third-order valence-electron chi connectivity index (χ3n) is 3.83. The number of fused-ring (bicyclic) bond motifs is 2. The van der Waals surface area contributed by atoms with Gasteiger partial charge in [0.2, 0.25) is 0 Å². The van der Waals surface area contributed by atoms with E-state index in [1.807, 2.05) is 30.3 Å². The Bertz CT molecular complexity index is 1030. The highest BCUT2D eigenvalue weighted by Gasteiger charge is 2.13. The molecule has 2 heterocycles. The van der Waals surface area contributed by atoms with Gasteiger partial charge in [0.25, 0.3) is 0 Å². The first-order valence-electron chi connectivity index (χ1n) is 7.36. The Hall–Kier alpha value is -3.35. The lowest BCUT2D eigenvalue weighted by Gasteiger charge is -2.12. The predicted octanol–water partition coefficient (Wildman–Crippen LogP) is 3.27. The van der Waals surface area contributed by atoms with E-state index in [0.717, 1.165) is 22.1 Å². The fraction of sp³-hybridized carbons (Fsp3) is 0.118. The van der Waals surface area contributed by atoms with Gasteiger partial charge in [-0.2, -0.15) is 0 Å². The monoisotopic (exact) mass is 321 g/mol. The number of benzene rings is 2. The number of hydrogen-bond donors (Lipinski definition) is 2. The number of ether oxygens (including phenoxy) is 2. The maximum absolute atomic E-state index is 5.45. The van der Waals surface area contributed by atoms with E-state index in [0.29, 0.717) is 22.8 Å². The minimum Gasteiger partial charge on any atom is -0.493 e. The molecule has 0 aliphatic heterocycles. The first-order chi connectivity index (χ1) is 11.8.